The van der Waals surface area contributed by atoms with Gasteiger partial charge in [0.05, 0.1) is 4.90 Å². The average molecular weight is 360 g/mol. The van der Waals surface area contributed by atoms with Crippen LogP contribution in [0.3, 0.4) is 0 Å². The summed E-state index contributed by atoms with van der Waals surface area (Å²) in [4.78, 5) is 12.6. The molecule has 0 saturated carbocycles. The number of hydrogen-bond acceptors (Lipinski definition) is 3. The summed E-state index contributed by atoms with van der Waals surface area (Å²) >= 11 is 5.71. The van der Waals surface area contributed by atoms with Crippen LogP contribution in [0.2, 0.25) is 0 Å². The van der Waals surface area contributed by atoms with Crippen molar-refractivity contribution in [3.05, 3.63) is 29.3 Å². The minimum Gasteiger partial charge on any atom is -0.299 e. The van der Waals surface area contributed by atoms with Gasteiger partial charge in [-0.1, -0.05) is 39.3 Å². The number of hydrogen-bond donors (Lipinski definition) is 1. The van der Waals surface area contributed by atoms with Crippen molar-refractivity contribution in [3.63, 3.8) is 0 Å². The highest BCUT2D eigenvalue weighted by molar-refractivity contribution is 7.89. The zero-order valence-corrected chi connectivity index (χ0v) is 15.6. The zero-order valence-electron chi connectivity index (χ0n) is 14.0. The number of primary sulfonamides is 1. The van der Waals surface area contributed by atoms with Gasteiger partial charge in [-0.05, 0) is 36.5 Å². The van der Waals surface area contributed by atoms with Gasteiger partial charge < -0.3 is 0 Å². The van der Waals surface area contributed by atoms with E-state index < -0.39 is 10.0 Å². The van der Waals surface area contributed by atoms with E-state index in [0.29, 0.717) is 24.3 Å². The molecule has 130 valence electrons. The number of carbonyl (C=O) groups is 1. The van der Waals surface area contributed by atoms with Gasteiger partial charge >= 0.3 is 0 Å². The number of rotatable bonds is 9. The molecule has 1 rings (SSSR count). The van der Waals surface area contributed by atoms with E-state index in [1.54, 1.807) is 6.07 Å². The fourth-order valence-electron chi connectivity index (χ4n) is 2.61. The van der Waals surface area contributed by atoms with Crippen molar-refractivity contribution in [1.82, 2.24) is 0 Å². The summed E-state index contributed by atoms with van der Waals surface area (Å²) in [6.45, 7) is 5.76. The third-order valence-corrected chi connectivity index (χ3v) is 5.37. The van der Waals surface area contributed by atoms with Crippen molar-refractivity contribution < 1.29 is 13.2 Å². The molecule has 0 saturated heterocycles. The Labute approximate surface area is 144 Å². The molecule has 0 aromatic heterocycles. The third kappa shape index (κ3) is 5.59. The van der Waals surface area contributed by atoms with Crippen LogP contribution in [-0.4, -0.2) is 20.1 Å². The van der Waals surface area contributed by atoms with Gasteiger partial charge in [-0.15, -0.1) is 11.6 Å². The Morgan fingerprint density at radius 1 is 1.30 bits per heavy atom. The molecule has 2 atom stereocenters. The molecule has 2 unspecified atom stereocenters. The first kappa shape index (κ1) is 20.1. The van der Waals surface area contributed by atoms with E-state index in [0.717, 1.165) is 18.4 Å². The standard InChI is InChI=1S/C17H26ClNO3S/c1-4-5-6-15-11-14(7-8-16(15)23(19,21)22)13(3)17(20)12(2)9-10-18/h7-8,11-13H,4-6,9-10H2,1-3H3,(H2,19,21,22). The predicted octanol–water partition coefficient (Wildman–Crippen LogP) is 3.61. The Kier molecular flexibility index (Phi) is 7.71. The normalized spacial score (nSPS) is 14.5. The average Bonchev–Trinajstić information content (AvgIpc) is 2.50. The number of unbranched alkanes of at least 4 members (excludes halogenated alkanes) is 1. The van der Waals surface area contributed by atoms with E-state index in [1.807, 2.05) is 26.8 Å². The largest absolute Gasteiger partial charge is 0.299 e. The fraction of sp³-hybridized carbons (Fsp3) is 0.588. The van der Waals surface area contributed by atoms with E-state index in [-0.39, 0.29) is 22.5 Å². The smallest absolute Gasteiger partial charge is 0.238 e. The molecule has 0 aliphatic heterocycles. The highest BCUT2D eigenvalue weighted by Gasteiger charge is 2.23. The van der Waals surface area contributed by atoms with Gasteiger partial charge in [-0.2, -0.15) is 0 Å². The van der Waals surface area contributed by atoms with Crippen LogP contribution in [0.15, 0.2) is 23.1 Å². The highest BCUT2D eigenvalue weighted by atomic mass is 35.5. The second-order valence-electron chi connectivity index (χ2n) is 6.02. The summed E-state index contributed by atoms with van der Waals surface area (Å²) in [5.74, 6) is 0.171. The van der Waals surface area contributed by atoms with Gasteiger partial charge in [0, 0.05) is 17.7 Å². The van der Waals surface area contributed by atoms with Crippen LogP contribution in [0.4, 0.5) is 0 Å². The van der Waals surface area contributed by atoms with E-state index >= 15 is 0 Å². The van der Waals surface area contributed by atoms with Crippen molar-refractivity contribution in [2.75, 3.05) is 5.88 Å². The minimum atomic E-state index is -3.75. The van der Waals surface area contributed by atoms with Crippen LogP contribution in [0, 0.1) is 5.92 Å². The predicted molar refractivity (Wildman–Crippen MR) is 94.4 cm³/mol. The maximum atomic E-state index is 12.4. The Morgan fingerprint density at radius 2 is 1.96 bits per heavy atom. The molecule has 0 bridgehead atoms. The molecule has 0 radical (unpaired) electrons. The zero-order chi connectivity index (χ0) is 17.6. The molecule has 6 heteroatoms. The monoisotopic (exact) mass is 359 g/mol. The summed E-state index contributed by atoms with van der Waals surface area (Å²) < 4.78 is 23.4. The van der Waals surface area contributed by atoms with Crippen LogP contribution in [0.25, 0.3) is 0 Å². The quantitative estimate of drug-likeness (QED) is 0.684. The van der Waals surface area contributed by atoms with Crippen molar-refractivity contribution >= 4 is 27.4 Å². The van der Waals surface area contributed by atoms with Gasteiger partial charge in [-0.25, -0.2) is 13.6 Å². The second-order valence-corrected chi connectivity index (χ2v) is 7.93. The molecular formula is C17H26ClNO3S. The summed E-state index contributed by atoms with van der Waals surface area (Å²) in [6.07, 6.45) is 3.10. The van der Waals surface area contributed by atoms with E-state index in [4.69, 9.17) is 16.7 Å². The number of nitrogens with two attached hydrogens (primary N) is 1. The molecule has 2 N–H and O–H groups in total. The Hall–Kier alpha value is -0.910. The Balaban J connectivity index is 3.16. The molecule has 0 aliphatic carbocycles. The number of sulfonamides is 1. The Morgan fingerprint density at radius 3 is 2.48 bits per heavy atom. The lowest BCUT2D eigenvalue weighted by Gasteiger charge is -2.18. The van der Waals surface area contributed by atoms with Gasteiger partial charge in [0.15, 0.2) is 0 Å². The van der Waals surface area contributed by atoms with Gasteiger partial charge in [-0.3, -0.25) is 4.79 Å². The number of ketones is 1. The molecule has 0 spiro atoms. The first-order valence-corrected chi connectivity index (χ1v) is 10.1. The van der Waals surface area contributed by atoms with Crippen molar-refractivity contribution in [1.29, 1.82) is 0 Å². The molecule has 1 aromatic rings. The molecule has 1 aromatic carbocycles. The van der Waals surface area contributed by atoms with Gasteiger partial charge in [0.2, 0.25) is 10.0 Å². The summed E-state index contributed by atoms with van der Waals surface area (Å²) in [5.41, 5.74) is 1.52. The van der Waals surface area contributed by atoms with Crippen molar-refractivity contribution in [2.24, 2.45) is 11.1 Å². The van der Waals surface area contributed by atoms with Crippen molar-refractivity contribution in [3.8, 4) is 0 Å². The van der Waals surface area contributed by atoms with E-state index in [9.17, 15) is 13.2 Å². The number of carbonyl (C=O) groups excluding carboxylic acids is 1. The highest BCUT2D eigenvalue weighted by Crippen LogP contribution is 2.26. The third-order valence-electron chi connectivity index (χ3n) is 4.15. The number of benzene rings is 1. The fourth-order valence-corrected chi connectivity index (χ4v) is 3.72. The molecule has 23 heavy (non-hydrogen) atoms. The number of halogens is 1. The molecule has 0 heterocycles. The SMILES string of the molecule is CCCCc1cc(C(C)C(=O)C(C)CCCl)ccc1S(N)(=O)=O. The summed E-state index contributed by atoms with van der Waals surface area (Å²) in [7, 11) is -3.75. The van der Waals surface area contributed by atoms with E-state index in [1.165, 1.54) is 6.07 Å². The van der Waals surface area contributed by atoms with Crippen LogP contribution in [0.1, 0.15) is 57.1 Å². The number of alkyl halides is 1. The van der Waals surface area contributed by atoms with Gasteiger partial charge in [0.1, 0.15) is 5.78 Å². The maximum Gasteiger partial charge on any atom is 0.238 e. The van der Waals surface area contributed by atoms with E-state index in [2.05, 4.69) is 0 Å². The lowest BCUT2D eigenvalue weighted by molar-refractivity contribution is -0.123. The van der Waals surface area contributed by atoms with Crippen molar-refractivity contribution in [2.45, 2.75) is 57.3 Å². The minimum absolute atomic E-state index is 0.112. The van der Waals surface area contributed by atoms with Gasteiger partial charge in [0.25, 0.3) is 0 Å². The molecule has 4 nitrogen and oxygen atoms in total. The topological polar surface area (TPSA) is 77.2 Å². The summed E-state index contributed by atoms with van der Waals surface area (Å²) in [5, 5.41) is 5.29. The first-order valence-electron chi connectivity index (χ1n) is 7.97. The Bertz CT molecular complexity index is 643. The van der Waals surface area contributed by atoms with Crippen LogP contribution in [-0.2, 0) is 21.2 Å². The molecular weight excluding hydrogens is 334 g/mol. The first-order chi connectivity index (χ1) is 10.7. The summed E-state index contributed by atoms with van der Waals surface area (Å²) in [6, 6.07) is 5.02. The molecule has 0 fully saturated rings. The second kappa shape index (κ2) is 8.81. The molecule has 0 amide bonds. The lowest BCUT2D eigenvalue weighted by Crippen LogP contribution is -2.19. The van der Waals surface area contributed by atoms with Crippen LogP contribution in [0.5, 0.6) is 0 Å². The van der Waals surface area contributed by atoms with Crippen LogP contribution < -0.4 is 5.14 Å². The number of Topliss-reactive ketones (excluding diaryl/α,β-unsaturated/α-hetero) is 1. The number of aryl methyl sites for hydroxylation is 1. The van der Waals surface area contributed by atoms with Crippen LogP contribution >= 0.6 is 11.6 Å². The molecule has 0 aliphatic rings. The maximum absolute atomic E-state index is 12.4. The lowest BCUT2D eigenvalue weighted by atomic mass is 9.87.